The summed E-state index contributed by atoms with van der Waals surface area (Å²) in [5.74, 6) is 0.0752. The molecule has 4 heteroatoms. The Bertz CT molecular complexity index is 184. The van der Waals surface area contributed by atoms with Crippen molar-refractivity contribution < 1.29 is 9.53 Å². The number of ether oxygens (including phenoxy) is 1. The van der Waals surface area contributed by atoms with Gasteiger partial charge in [-0.25, -0.2) is 0 Å². The first-order valence-corrected chi connectivity index (χ1v) is 4.99. The second-order valence-electron chi connectivity index (χ2n) is 3.70. The molecule has 1 unspecified atom stereocenters. The Hall–Kier alpha value is -0.610. The number of rotatable bonds is 2. The van der Waals surface area contributed by atoms with Crippen molar-refractivity contribution in [3.05, 3.63) is 0 Å². The van der Waals surface area contributed by atoms with Gasteiger partial charge in [-0.1, -0.05) is 0 Å². The quantitative estimate of drug-likeness (QED) is 0.616. The molecule has 0 spiro atoms. The summed E-state index contributed by atoms with van der Waals surface area (Å²) in [4.78, 5) is 11.5. The maximum absolute atomic E-state index is 11.5. The normalized spacial score (nSPS) is 33.5. The third kappa shape index (κ3) is 2.19. The van der Waals surface area contributed by atoms with Gasteiger partial charge in [0, 0.05) is 19.2 Å². The molecule has 4 nitrogen and oxygen atoms in total. The van der Waals surface area contributed by atoms with Crippen molar-refractivity contribution in [2.24, 2.45) is 0 Å². The van der Waals surface area contributed by atoms with Crippen LogP contribution in [0.4, 0.5) is 0 Å². The van der Waals surface area contributed by atoms with Crippen LogP contribution >= 0.6 is 0 Å². The van der Waals surface area contributed by atoms with Gasteiger partial charge in [-0.3, -0.25) is 4.79 Å². The van der Waals surface area contributed by atoms with Crippen LogP contribution in [0, 0.1) is 0 Å². The minimum atomic E-state index is -0.180. The summed E-state index contributed by atoms with van der Waals surface area (Å²) in [6, 6.07) is 0.316. The van der Waals surface area contributed by atoms with E-state index in [0.29, 0.717) is 6.04 Å². The molecule has 2 atom stereocenters. The first kappa shape index (κ1) is 8.97. The van der Waals surface area contributed by atoms with Crippen LogP contribution in [0.1, 0.15) is 19.3 Å². The largest absolute Gasteiger partial charge is 0.368 e. The van der Waals surface area contributed by atoms with Crippen molar-refractivity contribution in [3.63, 3.8) is 0 Å². The number of carbonyl (C=O) groups excluding carboxylic acids is 1. The molecule has 2 N–H and O–H groups in total. The topological polar surface area (TPSA) is 50.4 Å². The minimum absolute atomic E-state index is 0.0752. The molecule has 2 heterocycles. The number of amides is 1. The lowest BCUT2D eigenvalue weighted by molar-refractivity contribution is -0.130. The number of nitrogens with one attached hydrogen (secondary N) is 2. The maximum Gasteiger partial charge on any atom is 0.249 e. The van der Waals surface area contributed by atoms with Crippen LogP contribution in [0.3, 0.4) is 0 Å². The van der Waals surface area contributed by atoms with E-state index in [4.69, 9.17) is 4.74 Å². The highest BCUT2D eigenvalue weighted by atomic mass is 16.5. The number of carbonyl (C=O) groups is 1. The Morgan fingerprint density at radius 2 is 2.38 bits per heavy atom. The van der Waals surface area contributed by atoms with Crippen molar-refractivity contribution in [1.29, 1.82) is 0 Å². The lowest BCUT2D eigenvalue weighted by atomic mass is 10.2. The van der Waals surface area contributed by atoms with Crippen molar-refractivity contribution >= 4 is 5.91 Å². The van der Waals surface area contributed by atoms with E-state index in [1.165, 1.54) is 0 Å². The first-order chi connectivity index (χ1) is 6.36. The zero-order chi connectivity index (χ0) is 9.10. The van der Waals surface area contributed by atoms with Crippen LogP contribution < -0.4 is 10.6 Å². The lowest BCUT2D eigenvalue weighted by Gasteiger charge is -2.14. The molecule has 74 valence electrons. The molecule has 13 heavy (non-hydrogen) atoms. The van der Waals surface area contributed by atoms with E-state index in [1.54, 1.807) is 0 Å². The third-order valence-electron chi connectivity index (χ3n) is 2.63. The van der Waals surface area contributed by atoms with Gasteiger partial charge in [0.1, 0.15) is 6.10 Å². The highest BCUT2D eigenvalue weighted by Gasteiger charge is 2.26. The Balaban J connectivity index is 1.76. The summed E-state index contributed by atoms with van der Waals surface area (Å²) in [7, 11) is 0. The van der Waals surface area contributed by atoms with Crippen LogP contribution in [0.2, 0.25) is 0 Å². The van der Waals surface area contributed by atoms with E-state index in [2.05, 4.69) is 10.6 Å². The standard InChI is InChI=1S/C9H16N2O2/c12-9(8-2-1-5-13-8)11-7-3-4-10-6-7/h7-8,10H,1-6H2,(H,11,12)/t7-,8?/m0/s1. The van der Waals surface area contributed by atoms with E-state index in [-0.39, 0.29) is 12.0 Å². The average molecular weight is 184 g/mol. The molecule has 0 aliphatic carbocycles. The molecule has 2 aliphatic rings. The summed E-state index contributed by atoms with van der Waals surface area (Å²) in [5, 5.41) is 6.21. The molecule has 0 aromatic heterocycles. The molecule has 0 aromatic carbocycles. The Labute approximate surface area is 78.0 Å². The van der Waals surface area contributed by atoms with Crippen molar-refractivity contribution in [2.75, 3.05) is 19.7 Å². The molecule has 0 radical (unpaired) electrons. The predicted octanol–water partition coefficient (Wildman–Crippen LogP) is -0.357. The number of hydrogen-bond acceptors (Lipinski definition) is 3. The van der Waals surface area contributed by atoms with E-state index in [9.17, 15) is 4.79 Å². The van der Waals surface area contributed by atoms with Gasteiger partial charge in [0.2, 0.25) is 5.91 Å². The van der Waals surface area contributed by atoms with Gasteiger partial charge < -0.3 is 15.4 Å². The van der Waals surface area contributed by atoms with E-state index in [1.807, 2.05) is 0 Å². The van der Waals surface area contributed by atoms with Crippen molar-refractivity contribution in [3.8, 4) is 0 Å². The van der Waals surface area contributed by atoms with Crippen molar-refractivity contribution in [1.82, 2.24) is 10.6 Å². The first-order valence-electron chi connectivity index (χ1n) is 4.99. The molecule has 2 fully saturated rings. The predicted molar refractivity (Wildman–Crippen MR) is 48.4 cm³/mol. The molecular weight excluding hydrogens is 168 g/mol. The zero-order valence-electron chi connectivity index (χ0n) is 7.71. The summed E-state index contributed by atoms with van der Waals surface area (Å²) in [6.07, 6.45) is 2.76. The maximum atomic E-state index is 11.5. The van der Waals surface area contributed by atoms with Gasteiger partial charge in [0.15, 0.2) is 0 Å². The molecule has 2 rings (SSSR count). The summed E-state index contributed by atoms with van der Waals surface area (Å²) in [6.45, 7) is 2.65. The fourth-order valence-electron chi connectivity index (χ4n) is 1.86. The van der Waals surface area contributed by atoms with Crippen LogP contribution in [0.25, 0.3) is 0 Å². The third-order valence-corrected chi connectivity index (χ3v) is 2.63. The number of hydrogen-bond donors (Lipinski definition) is 2. The molecule has 2 aliphatic heterocycles. The van der Waals surface area contributed by atoms with Crippen LogP contribution in [0.15, 0.2) is 0 Å². The Kier molecular flexibility index (Phi) is 2.80. The van der Waals surface area contributed by atoms with Crippen molar-refractivity contribution in [2.45, 2.75) is 31.4 Å². The fraction of sp³-hybridized carbons (Fsp3) is 0.889. The highest BCUT2D eigenvalue weighted by molar-refractivity contribution is 5.81. The molecule has 0 aromatic rings. The summed E-state index contributed by atoms with van der Waals surface area (Å²) >= 11 is 0. The van der Waals surface area contributed by atoms with Gasteiger partial charge in [0.05, 0.1) is 0 Å². The lowest BCUT2D eigenvalue weighted by Crippen LogP contribution is -2.42. The second kappa shape index (κ2) is 4.07. The average Bonchev–Trinajstić information content (AvgIpc) is 2.74. The van der Waals surface area contributed by atoms with Gasteiger partial charge in [-0.05, 0) is 25.8 Å². The van der Waals surface area contributed by atoms with Crippen LogP contribution in [-0.2, 0) is 9.53 Å². The molecule has 2 saturated heterocycles. The van der Waals surface area contributed by atoms with Gasteiger partial charge >= 0.3 is 0 Å². The summed E-state index contributed by atoms with van der Waals surface area (Å²) in [5.41, 5.74) is 0. The minimum Gasteiger partial charge on any atom is -0.368 e. The van der Waals surface area contributed by atoms with E-state index < -0.39 is 0 Å². The zero-order valence-corrected chi connectivity index (χ0v) is 7.71. The second-order valence-corrected chi connectivity index (χ2v) is 3.70. The van der Waals surface area contributed by atoms with Gasteiger partial charge in [-0.2, -0.15) is 0 Å². The smallest absolute Gasteiger partial charge is 0.249 e. The molecule has 0 saturated carbocycles. The molecule has 0 bridgehead atoms. The highest BCUT2D eigenvalue weighted by Crippen LogP contribution is 2.12. The fourth-order valence-corrected chi connectivity index (χ4v) is 1.86. The van der Waals surface area contributed by atoms with Crippen LogP contribution in [0.5, 0.6) is 0 Å². The van der Waals surface area contributed by atoms with Gasteiger partial charge in [0.25, 0.3) is 0 Å². The van der Waals surface area contributed by atoms with E-state index >= 15 is 0 Å². The monoisotopic (exact) mass is 184 g/mol. The Morgan fingerprint density at radius 1 is 1.46 bits per heavy atom. The molecular formula is C9H16N2O2. The van der Waals surface area contributed by atoms with Crippen LogP contribution in [-0.4, -0.2) is 37.7 Å². The SMILES string of the molecule is O=C(N[C@H]1CCNC1)C1CCCO1. The Morgan fingerprint density at radius 3 is 3.00 bits per heavy atom. The molecule has 1 amide bonds. The summed E-state index contributed by atoms with van der Waals surface area (Å²) < 4.78 is 5.29. The van der Waals surface area contributed by atoms with Gasteiger partial charge in [-0.15, -0.1) is 0 Å². The van der Waals surface area contributed by atoms with E-state index in [0.717, 1.165) is 39.0 Å².